The number of hydrogen-bond acceptors (Lipinski definition) is 2. The van der Waals surface area contributed by atoms with Gasteiger partial charge in [-0.05, 0) is 30.9 Å². The van der Waals surface area contributed by atoms with Crippen LogP contribution >= 0.6 is 0 Å². The number of amides is 1. The molecule has 0 heterocycles. The first-order chi connectivity index (χ1) is 9.04. The van der Waals surface area contributed by atoms with Crippen LogP contribution in [0.3, 0.4) is 0 Å². The van der Waals surface area contributed by atoms with Gasteiger partial charge in [-0.15, -0.1) is 0 Å². The van der Waals surface area contributed by atoms with Crippen LogP contribution in [0.15, 0.2) is 24.3 Å². The molecule has 4 nitrogen and oxygen atoms in total. The van der Waals surface area contributed by atoms with Crippen molar-refractivity contribution >= 4 is 11.9 Å². The van der Waals surface area contributed by atoms with Crippen molar-refractivity contribution in [1.29, 1.82) is 0 Å². The van der Waals surface area contributed by atoms with Gasteiger partial charge >= 0.3 is 5.97 Å². The molecule has 0 bridgehead atoms. The van der Waals surface area contributed by atoms with E-state index in [1.807, 2.05) is 38.1 Å². The average Bonchev–Trinajstić information content (AvgIpc) is 2.37. The summed E-state index contributed by atoms with van der Waals surface area (Å²) in [6.45, 7) is 3.90. The van der Waals surface area contributed by atoms with Crippen LogP contribution in [0, 0.1) is 6.92 Å². The van der Waals surface area contributed by atoms with Crippen molar-refractivity contribution in [2.45, 2.75) is 45.6 Å². The molecule has 0 unspecified atom stereocenters. The lowest BCUT2D eigenvalue weighted by atomic mass is 10.0. The number of aliphatic carboxylic acids is 1. The summed E-state index contributed by atoms with van der Waals surface area (Å²) in [5.41, 5.74) is 2.28. The fraction of sp³-hybridized carbons (Fsp3) is 0.467. The summed E-state index contributed by atoms with van der Waals surface area (Å²) in [6.07, 6.45) is 2.15. The van der Waals surface area contributed by atoms with E-state index in [4.69, 9.17) is 5.11 Å². The van der Waals surface area contributed by atoms with Gasteiger partial charge in [0.15, 0.2) is 0 Å². The summed E-state index contributed by atoms with van der Waals surface area (Å²) in [5, 5.41) is 11.5. The Morgan fingerprint density at radius 2 is 2.00 bits per heavy atom. The van der Waals surface area contributed by atoms with Gasteiger partial charge in [-0.2, -0.15) is 0 Å². The molecule has 1 amide bonds. The fourth-order valence-electron chi connectivity index (χ4n) is 1.95. The molecule has 0 aliphatic rings. The molecule has 19 heavy (non-hydrogen) atoms. The zero-order valence-electron chi connectivity index (χ0n) is 11.5. The van der Waals surface area contributed by atoms with E-state index in [-0.39, 0.29) is 5.91 Å². The Labute approximate surface area is 113 Å². The molecule has 4 heteroatoms. The standard InChI is InChI=1S/C15H21NO3/c1-3-6-13(15(18)19)16-14(17)10-9-12-8-5-4-7-11(12)2/h4-5,7-8,13H,3,6,9-10H2,1-2H3,(H,16,17)(H,18,19)/t13-/m1/s1. The molecule has 0 aromatic heterocycles. The van der Waals surface area contributed by atoms with Crippen LogP contribution in [0.4, 0.5) is 0 Å². The SMILES string of the molecule is CCC[C@@H](NC(=O)CCc1ccccc1C)C(=O)O. The fourth-order valence-corrected chi connectivity index (χ4v) is 1.95. The highest BCUT2D eigenvalue weighted by Crippen LogP contribution is 2.09. The van der Waals surface area contributed by atoms with Crippen molar-refractivity contribution in [2.75, 3.05) is 0 Å². The largest absolute Gasteiger partial charge is 0.480 e. The maximum atomic E-state index is 11.7. The van der Waals surface area contributed by atoms with Crippen molar-refractivity contribution < 1.29 is 14.7 Å². The topological polar surface area (TPSA) is 66.4 Å². The molecular formula is C15H21NO3. The van der Waals surface area contributed by atoms with Crippen LogP contribution in [0.1, 0.15) is 37.3 Å². The lowest BCUT2D eigenvalue weighted by molar-refractivity contribution is -0.142. The van der Waals surface area contributed by atoms with E-state index in [0.717, 1.165) is 17.5 Å². The minimum Gasteiger partial charge on any atom is -0.480 e. The van der Waals surface area contributed by atoms with Crippen molar-refractivity contribution in [3.05, 3.63) is 35.4 Å². The zero-order chi connectivity index (χ0) is 14.3. The van der Waals surface area contributed by atoms with E-state index in [9.17, 15) is 9.59 Å². The number of carbonyl (C=O) groups excluding carboxylic acids is 1. The highest BCUT2D eigenvalue weighted by atomic mass is 16.4. The third-order valence-corrected chi connectivity index (χ3v) is 3.09. The monoisotopic (exact) mass is 263 g/mol. The normalized spacial score (nSPS) is 11.9. The highest BCUT2D eigenvalue weighted by Gasteiger charge is 2.18. The van der Waals surface area contributed by atoms with Crippen LogP contribution in [0.25, 0.3) is 0 Å². The lowest BCUT2D eigenvalue weighted by Crippen LogP contribution is -2.40. The molecule has 0 radical (unpaired) electrons. The van der Waals surface area contributed by atoms with Gasteiger partial charge in [0, 0.05) is 6.42 Å². The first-order valence-electron chi connectivity index (χ1n) is 6.61. The summed E-state index contributed by atoms with van der Waals surface area (Å²) in [7, 11) is 0. The second-order valence-electron chi connectivity index (χ2n) is 4.67. The number of carboxylic acids is 1. The second-order valence-corrected chi connectivity index (χ2v) is 4.67. The summed E-state index contributed by atoms with van der Waals surface area (Å²) in [6, 6.07) is 7.13. The summed E-state index contributed by atoms with van der Waals surface area (Å²) < 4.78 is 0. The van der Waals surface area contributed by atoms with Crippen LogP contribution < -0.4 is 5.32 Å². The number of nitrogens with one attached hydrogen (secondary N) is 1. The Kier molecular flexibility index (Phi) is 6.06. The van der Waals surface area contributed by atoms with E-state index in [1.54, 1.807) is 0 Å². The molecule has 1 aromatic rings. The molecule has 1 rings (SSSR count). The smallest absolute Gasteiger partial charge is 0.326 e. The first-order valence-corrected chi connectivity index (χ1v) is 6.61. The summed E-state index contributed by atoms with van der Waals surface area (Å²) in [5.74, 6) is -1.17. The maximum Gasteiger partial charge on any atom is 0.326 e. The van der Waals surface area contributed by atoms with Crippen molar-refractivity contribution in [3.63, 3.8) is 0 Å². The Bertz CT molecular complexity index is 443. The van der Waals surface area contributed by atoms with Crippen LogP contribution in [-0.4, -0.2) is 23.0 Å². The summed E-state index contributed by atoms with van der Waals surface area (Å²) in [4.78, 5) is 22.7. The van der Waals surface area contributed by atoms with Crippen LogP contribution in [0.2, 0.25) is 0 Å². The van der Waals surface area contributed by atoms with Crippen molar-refractivity contribution in [2.24, 2.45) is 0 Å². The lowest BCUT2D eigenvalue weighted by Gasteiger charge is -2.13. The Morgan fingerprint density at radius 1 is 1.32 bits per heavy atom. The van der Waals surface area contributed by atoms with E-state index < -0.39 is 12.0 Å². The molecule has 2 N–H and O–H groups in total. The number of rotatable bonds is 7. The highest BCUT2D eigenvalue weighted by molar-refractivity contribution is 5.83. The van der Waals surface area contributed by atoms with Gasteiger partial charge in [-0.1, -0.05) is 37.6 Å². The molecular weight excluding hydrogens is 242 g/mol. The Morgan fingerprint density at radius 3 is 2.58 bits per heavy atom. The minimum absolute atomic E-state index is 0.205. The van der Waals surface area contributed by atoms with Crippen LogP contribution in [0.5, 0.6) is 0 Å². The maximum absolute atomic E-state index is 11.7. The van der Waals surface area contributed by atoms with E-state index in [2.05, 4.69) is 5.32 Å². The molecule has 0 fully saturated rings. The Hall–Kier alpha value is -1.84. The predicted molar refractivity (Wildman–Crippen MR) is 74.0 cm³/mol. The number of carboxylic acid groups (broad SMARTS) is 1. The van der Waals surface area contributed by atoms with Crippen molar-refractivity contribution in [3.8, 4) is 0 Å². The van der Waals surface area contributed by atoms with E-state index in [1.165, 1.54) is 0 Å². The molecule has 0 spiro atoms. The number of hydrogen-bond donors (Lipinski definition) is 2. The third-order valence-electron chi connectivity index (χ3n) is 3.09. The van der Waals surface area contributed by atoms with E-state index in [0.29, 0.717) is 19.3 Å². The molecule has 104 valence electrons. The Balaban J connectivity index is 2.47. The first kappa shape index (κ1) is 15.2. The van der Waals surface area contributed by atoms with Gasteiger partial charge in [0.2, 0.25) is 5.91 Å². The molecule has 1 atom stereocenters. The predicted octanol–water partition coefficient (Wildman–Crippen LogP) is 2.30. The van der Waals surface area contributed by atoms with Gasteiger partial charge in [0.25, 0.3) is 0 Å². The summed E-state index contributed by atoms with van der Waals surface area (Å²) >= 11 is 0. The third kappa shape index (κ3) is 5.12. The van der Waals surface area contributed by atoms with Gasteiger partial charge in [0.1, 0.15) is 6.04 Å². The van der Waals surface area contributed by atoms with Gasteiger partial charge in [-0.3, -0.25) is 4.79 Å². The van der Waals surface area contributed by atoms with Gasteiger partial charge in [-0.25, -0.2) is 4.79 Å². The average molecular weight is 263 g/mol. The molecule has 0 saturated carbocycles. The second kappa shape index (κ2) is 7.56. The van der Waals surface area contributed by atoms with Gasteiger partial charge < -0.3 is 10.4 Å². The quantitative estimate of drug-likeness (QED) is 0.793. The number of benzene rings is 1. The molecule has 1 aromatic carbocycles. The molecule has 0 saturated heterocycles. The minimum atomic E-state index is -0.967. The molecule has 0 aliphatic carbocycles. The van der Waals surface area contributed by atoms with Crippen molar-refractivity contribution in [1.82, 2.24) is 5.32 Å². The number of carbonyl (C=O) groups is 2. The van der Waals surface area contributed by atoms with E-state index >= 15 is 0 Å². The number of aryl methyl sites for hydroxylation is 2. The zero-order valence-corrected chi connectivity index (χ0v) is 11.5. The van der Waals surface area contributed by atoms with Gasteiger partial charge in [0.05, 0.1) is 0 Å². The molecule has 0 aliphatic heterocycles. The van der Waals surface area contributed by atoms with Crippen LogP contribution in [-0.2, 0) is 16.0 Å².